The fraction of sp³-hybridized carbons (Fsp3) is 0.567. The van der Waals surface area contributed by atoms with Gasteiger partial charge in [-0.2, -0.15) is 0 Å². The zero-order chi connectivity index (χ0) is 51.7. The third-order valence-corrected chi connectivity index (χ3v) is 13.3. The van der Waals surface area contributed by atoms with Crippen molar-refractivity contribution in [2.75, 3.05) is 6.61 Å². The zero-order valence-electron chi connectivity index (χ0n) is 45.2. The summed E-state index contributed by atoms with van der Waals surface area (Å²) in [6.07, 6.45) is 0.832. The summed E-state index contributed by atoms with van der Waals surface area (Å²) in [6, 6.07) is 19.1. The molecule has 1 atom stereocenters. The van der Waals surface area contributed by atoms with E-state index in [1.54, 1.807) is 12.1 Å². The van der Waals surface area contributed by atoms with Gasteiger partial charge in [-0.3, -0.25) is 9.59 Å². The molecule has 0 aliphatic heterocycles. The molecule has 0 aromatic heterocycles. The zero-order valence-corrected chi connectivity index (χ0v) is 45.2. The molecule has 0 spiro atoms. The second-order valence-corrected chi connectivity index (χ2v) is 25.8. The van der Waals surface area contributed by atoms with Crippen LogP contribution in [0.15, 0.2) is 60.7 Å². The molecule has 8 heteroatoms. The number of esters is 2. The molecular formula is C60H86O8. The van der Waals surface area contributed by atoms with E-state index in [1.165, 1.54) is 0 Å². The van der Waals surface area contributed by atoms with Gasteiger partial charge >= 0.3 is 11.9 Å². The Balaban J connectivity index is 1.81. The Hall–Kier alpha value is -4.98. The van der Waals surface area contributed by atoms with Gasteiger partial charge in [0.2, 0.25) is 0 Å². The van der Waals surface area contributed by atoms with Gasteiger partial charge in [-0.15, -0.1) is 0 Å². The molecular weight excluding hydrogens is 849 g/mol. The summed E-state index contributed by atoms with van der Waals surface area (Å²) in [5.74, 6) is 0.115. The molecule has 4 N–H and O–H groups in total. The van der Waals surface area contributed by atoms with Crippen molar-refractivity contribution in [3.8, 4) is 23.0 Å². The Kier molecular flexibility index (Phi) is 16.5. The number of ether oxygens (including phenoxy) is 2. The minimum Gasteiger partial charge on any atom is -0.508 e. The monoisotopic (exact) mass is 935 g/mol. The van der Waals surface area contributed by atoms with E-state index in [2.05, 4.69) is 83.1 Å². The fourth-order valence-electron chi connectivity index (χ4n) is 9.10. The van der Waals surface area contributed by atoms with Crippen LogP contribution in [0.4, 0.5) is 0 Å². The van der Waals surface area contributed by atoms with Crippen LogP contribution < -0.4 is 0 Å². The molecule has 0 aliphatic carbocycles. The van der Waals surface area contributed by atoms with Crippen LogP contribution in [0, 0.1) is 5.41 Å². The predicted molar refractivity (Wildman–Crippen MR) is 278 cm³/mol. The van der Waals surface area contributed by atoms with Crippen molar-refractivity contribution in [3.63, 3.8) is 0 Å². The first-order chi connectivity index (χ1) is 30.8. The van der Waals surface area contributed by atoms with E-state index in [9.17, 15) is 30.0 Å². The maximum absolute atomic E-state index is 14.2. The fourth-order valence-corrected chi connectivity index (χ4v) is 9.10. The molecule has 0 aliphatic rings. The van der Waals surface area contributed by atoms with Crippen molar-refractivity contribution in [2.24, 2.45) is 5.41 Å². The van der Waals surface area contributed by atoms with E-state index in [1.807, 2.05) is 97.0 Å². The lowest BCUT2D eigenvalue weighted by molar-refractivity contribution is -0.162. The van der Waals surface area contributed by atoms with Crippen LogP contribution in [0.25, 0.3) is 0 Å². The van der Waals surface area contributed by atoms with E-state index in [-0.39, 0.29) is 74.9 Å². The lowest BCUT2D eigenvalue weighted by atomic mass is 9.71. The molecule has 68 heavy (non-hydrogen) atoms. The summed E-state index contributed by atoms with van der Waals surface area (Å²) in [4.78, 5) is 28.3. The Morgan fingerprint density at radius 1 is 0.441 bits per heavy atom. The molecule has 1 unspecified atom stereocenters. The smallest absolute Gasteiger partial charge is 0.306 e. The van der Waals surface area contributed by atoms with Crippen molar-refractivity contribution in [1.29, 1.82) is 0 Å². The molecule has 4 aromatic rings. The van der Waals surface area contributed by atoms with Crippen molar-refractivity contribution in [2.45, 2.75) is 209 Å². The summed E-state index contributed by atoms with van der Waals surface area (Å²) >= 11 is 0. The highest BCUT2D eigenvalue weighted by Gasteiger charge is 2.42. The second kappa shape index (κ2) is 20.2. The number of phenolic OH excluding ortho intramolecular Hbond substituents is 4. The molecule has 4 rings (SSSR count). The molecule has 0 saturated heterocycles. The minimum atomic E-state index is -1.02. The molecule has 0 saturated carbocycles. The lowest BCUT2D eigenvalue weighted by Gasteiger charge is -2.39. The van der Waals surface area contributed by atoms with Gasteiger partial charge in [0.15, 0.2) is 0 Å². The summed E-state index contributed by atoms with van der Waals surface area (Å²) in [5.41, 5.74) is 5.34. The van der Waals surface area contributed by atoms with E-state index < -0.39 is 23.5 Å². The standard InChI is InChI=1S/C60H86O8/c1-37(68-51(64)27-23-39-30-46(58(14,15)16)53(66)47(31-39)59(17,18)19)60(34-40-20-24-48(61)42(32-40)54(2,3)4,35-41-21-25-49(62)43(33-41)55(5,6)7)36-67-50(63)26-22-38-28-44(56(8,9)10)52(65)45(29-38)57(11,12)13/h20-21,24-25,28-33,37,61-62,65-66H,22-23,26-27,34-36H2,1-19H3. The van der Waals surface area contributed by atoms with Gasteiger partial charge in [0, 0.05) is 18.3 Å². The maximum Gasteiger partial charge on any atom is 0.306 e. The lowest BCUT2D eigenvalue weighted by Crippen LogP contribution is -2.45. The van der Waals surface area contributed by atoms with Crippen LogP contribution in [0.3, 0.4) is 0 Å². The SMILES string of the molecule is CC(OC(=O)CCc1cc(C(C)(C)C)c(O)c(C(C)(C)C)c1)C(COC(=O)CCc1cc(C(C)(C)C)c(O)c(C(C)(C)C)c1)(Cc1ccc(O)c(C(C)(C)C)c1)Cc1ccc(O)c(C(C)(C)C)c1. The van der Waals surface area contributed by atoms with Gasteiger partial charge in [-0.25, -0.2) is 0 Å². The average Bonchev–Trinajstić information content (AvgIpc) is 3.17. The summed E-state index contributed by atoms with van der Waals surface area (Å²) in [5, 5.41) is 44.8. The molecule has 0 heterocycles. The Bertz CT molecular complexity index is 2290. The number of rotatable bonds is 14. The highest BCUT2D eigenvalue weighted by atomic mass is 16.6. The Morgan fingerprint density at radius 3 is 1.04 bits per heavy atom. The topological polar surface area (TPSA) is 134 Å². The van der Waals surface area contributed by atoms with Crippen molar-refractivity contribution >= 4 is 11.9 Å². The molecule has 8 nitrogen and oxygen atoms in total. The number of benzene rings is 4. The van der Waals surface area contributed by atoms with E-state index in [0.717, 1.165) is 55.6 Å². The van der Waals surface area contributed by atoms with E-state index in [0.29, 0.717) is 25.7 Å². The Labute approximate surface area is 409 Å². The van der Waals surface area contributed by atoms with Gasteiger partial charge < -0.3 is 29.9 Å². The van der Waals surface area contributed by atoms with Gasteiger partial charge in [0.05, 0.1) is 0 Å². The number of aryl methyl sites for hydroxylation is 2. The average molecular weight is 935 g/mol. The normalized spacial score (nSPS) is 13.6. The summed E-state index contributed by atoms with van der Waals surface area (Å²) in [6.45, 7) is 38.8. The van der Waals surface area contributed by atoms with Gasteiger partial charge in [0.25, 0.3) is 0 Å². The van der Waals surface area contributed by atoms with Gasteiger partial charge in [0.1, 0.15) is 35.7 Å². The van der Waals surface area contributed by atoms with Crippen molar-refractivity contribution < 1.29 is 39.5 Å². The largest absolute Gasteiger partial charge is 0.508 e. The molecule has 0 fully saturated rings. The molecule has 0 radical (unpaired) electrons. The van der Waals surface area contributed by atoms with Crippen LogP contribution in [-0.4, -0.2) is 45.1 Å². The van der Waals surface area contributed by atoms with E-state index in [4.69, 9.17) is 9.47 Å². The number of carbonyl (C=O) groups excluding carboxylic acids is 2. The summed E-state index contributed by atoms with van der Waals surface area (Å²) in [7, 11) is 0. The Morgan fingerprint density at radius 2 is 0.735 bits per heavy atom. The first-order valence-electron chi connectivity index (χ1n) is 24.6. The molecule has 374 valence electrons. The van der Waals surface area contributed by atoms with Crippen LogP contribution in [-0.2, 0) is 77.2 Å². The number of phenols is 4. The van der Waals surface area contributed by atoms with Crippen molar-refractivity contribution in [3.05, 3.63) is 116 Å². The van der Waals surface area contributed by atoms with Gasteiger partial charge in [-0.05, 0) is 133 Å². The van der Waals surface area contributed by atoms with Crippen molar-refractivity contribution in [1.82, 2.24) is 0 Å². The molecule has 4 aromatic carbocycles. The number of hydrogen-bond acceptors (Lipinski definition) is 8. The van der Waals surface area contributed by atoms with Crippen LogP contribution in [0.2, 0.25) is 0 Å². The maximum atomic E-state index is 14.2. The molecule has 0 amide bonds. The molecule has 0 bridgehead atoms. The second-order valence-electron chi connectivity index (χ2n) is 25.8. The van der Waals surface area contributed by atoms with Crippen LogP contribution in [0.5, 0.6) is 23.0 Å². The predicted octanol–water partition coefficient (Wildman–Crippen LogP) is 13.8. The van der Waals surface area contributed by atoms with Gasteiger partial charge in [-0.1, -0.05) is 173 Å². The third-order valence-electron chi connectivity index (χ3n) is 13.3. The van der Waals surface area contributed by atoms with Crippen LogP contribution in [0.1, 0.15) is 200 Å². The number of carbonyl (C=O) groups is 2. The quantitative estimate of drug-likeness (QED) is 0.0919. The highest BCUT2D eigenvalue weighted by molar-refractivity contribution is 5.71. The minimum absolute atomic E-state index is 0.0820. The first-order valence-corrected chi connectivity index (χ1v) is 24.6. The van der Waals surface area contributed by atoms with E-state index >= 15 is 0 Å². The number of aromatic hydroxyl groups is 4. The summed E-state index contributed by atoms with van der Waals surface area (Å²) < 4.78 is 12.9. The highest BCUT2D eigenvalue weighted by Crippen LogP contribution is 2.43. The first kappa shape index (κ1) is 55.6. The number of hydrogen-bond donors (Lipinski definition) is 4. The van der Waals surface area contributed by atoms with Crippen LogP contribution >= 0.6 is 0 Å². The third kappa shape index (κ3) is 14.1.